The Morgan fingerprint density at radius 1 is 1.33 bits per heavy atom. The lowest BCUT2D eigenvalue weighted by molar-refractivity contribution is -0.186. The topological polar surface area (TPSA) is 44.5 Å². The minimum atomic E-state index is -0.0685. The molecule has 3 atom stereocenters. The highest BCUT2D eigenvalue weighted by Crippen LogP contribution is 2.29. The summed E-state index contributed by atoms with van der Waals surface area (Å²) < 4.78 is 11.6. The lowest BCUT2D eigenvalue weighted by Gasteiger charge is -2.28. The summed E-state index contributed by atoms with van der Waals surface area (Å²) in [6, 6.07) is 5.69. The van der Waals surface area contributed by atoms with Crippen molar-refractivity contribution in [3.8, 4) is 0 Å². The maximum absolute atomic E-state index is 6.08. The van der Waals surface area contributed by atoms with Crippen LogP contribution in [0.15, 0.2) is 18.2 Å². The Bertz CT molecular complexity index is 450. The predicted octanol–water partition coefficient (Wildman–Crippen LogP) is 4.36. The number of rotatable bonds is 6. The van der Waals surface area contributed by atoms with E-state index in [4.69, 9.17) is 38.4 Å². The maximum Gasteiger partial charge on any atom is 0.157 e. The molecular weight excluding hydrogens is 309 g/mol. The highest BCUT2D eigenvalue weighted by Gasteiger charge is 2.20. The molecule has 1 aliphatic rings. The van der Waals surface area contributed by atoms with Crippen LogP contribution >= 0.6 is 23.2 Å². The molecular formula is C16H23Cl2NO2. The standard InChI is InChI=1S/C16H23Cl2NO2/c1-11(21-16-4-2-3-7-20-16)8-13(10-19)12-5-6-14(17)15(18)9-12/h5-6,9,11,13,16H,2-4,7-8,10,19H2,1H3. The first-order chi connectivity index (χ1) is 10.1. The summed E-state index contributed by atoms with van der Waals surface area (Å²) in [6.07, 6.45) is 4.14. The highest BCUT2D eigenvalue weighted by molar-refractivity contribution is 6.42. The van der Waals surface area contributed by atoms with Gasteiger partial charge in [0, 0.05) is 6.61 Å². The first kappa shape index (κ1) is 17.0. The van der Waals surface area contributed by atoms with Gasteiger partial charge in [-0.3, -0.25) is 0 Å². The summed E-state index contributed by atoms with van der Waals surface area (Å²) in [5.41, 5.74) is 7.02. The Balaban J connectivity index is 1.92. The molecule has 1 fully saturated rings. The molecule has 3 unspecified atom stereocenters. The molecule has 0 bridgehead atoms. The Morgan fingerprint density at radius 3 is 2.76 bits per heavy atom. The van der Waals surface area contributed by atoms with Crippen molar-refractivity contribution < 1.29 is 9.47 Å². The number of nitrogens with two attached hydrogens (primary N) is 1. The van der Waals surface area contributed by atoms with Crippen molar-refractivity contribution in [2.45, 2.75) is 50.9 Å². The van der Waals surface area contributed by atoms with Gasteiger partial charge in [-0.05, 0) is 62.8 Å². The van der Waals surface area contributed by atoms with E-state index < -0.39 is 0 Å². The second-order valence-electron chi connectivity index (χ2n) is 5.58. The SMILES string of the molecule is CC(CC(CN)c1ccc(Cl)c(Cl)c1)OC1CCCCO1. The number of hydrogen-bond acceptors (Lipinski definition) is 3. The van der Waals surface area contributed by atoms with Crippen molar-refractivity contribution in [2.75, 3.05) is 13.2 Å². The van der Waals surface area contributed by atoms with Gasteiger partial charge in [-0.25, -0.2) is 0 Å². The van der Waals surface area contributed by atoms with Crippen LogP contribution in [-0.2, 0) is 9.47 Å². The van der Waals surface area contributed by atoms with E-state index >= 15 is 0 Å². The van der Waals surface area contributed by atoms with Crippen LogP contribution in [0.5, 0.6) is 0 Å². The van der Waals surface area contributed by atoms with Crippen molar-refractivity contribution in [1.29, 1.82) is 0 Å². The molecule has 3 nitrogen and oxygen atoms in total. The first-order valence-corrected chi connectivity index (χ1v) is 8.27. The highest BCUT2D eigenvalue weighted by atomic mass is 35.5. The molecule has 1 aromatic rings. The van der Waals surface area contributed by atoms with Crippen LogP contribution in [0.1, 0.15) is 44.1 Å². The molecule has 1 heterocycles. The molecule has 0 aliphatic carbocycles. The third-order valence-electron chi connectivity index (χ3n) is 3.84. The maximum atomic E-state index is 6.08. The van der Waals surface area contributed by atoms with Gasteiger partial charge < -0.3 is 15.2 Å². The second-order valence-corrected chi connectivity index (χ2v) is 6.40. The number of benzene rings is 1. The fraction of sp³-hybridized carbons (Fsp3) is 0.625. The molecule has 2 N–H and O–H groups in total. The molecule has 21 heavy (non-hydrogen) atoms. The van der Waals surface area contributed by atoms with Crippen molar-refractivity contribution in [3.05, 3.63) is 33.8 Å². The average molecular weight is 332 g/mol. The van der Waals surface area contributed by atoms with Gasteiger partial charge in [0.05, 0.1) is 16.1 Å². The van der Waals surface area contributed by atoms with Gasteiger partial charge in [0.1, 0.15) is 0 Å². The van der Waals surface area contributed by atoms with Crippen LogP contribution in [-0.4, -0.2) is 25.5 Å². The zero-order valence-corrected chi connectivity index (χ0v) is 13.9. The third-order valence-corrected chi connectivity index (χ3v) is 4.58. The van der Waals surface area contributed by atoms with E-state index in [1.807, 2.05) is 18.2 Å². The zero-order chi connectivity index (χ0) is 15.2. The summed E-state index contributed by atoms with van der Waals surface area (Å²) in [5.74, 6) is 0.207. The van der Waals surface area contributed by atoms with E-state index in [2.05, 4.69) is 6.92 Å². The average Bonchev–Trinajstić information content (AvgIpc) is 2.49. The lowest BCUT2D eigenvalue weighted by atomic mass is 9.93. The molecule has 2 rings (SSSR count). The first-order valence-electron chi connectivity index (χ1n) is 7.52. The van der Waals surface area contributed by atoms with Gasteiger partial charge in [0.2, 0.25) is 0 Å². The van der Waals surface area contributed by atoms with E-state index in [0.717, 1.165) is 31.4 Å². The molecule has 118 valence electrons. The van der Waals surface area contributed by atoms with Crippen LogP contribution in [0.4, 0.5) is 0 Å². The smallest absolute Gasteiger partial charge is 0.157 e. The van der Waals surface area contributed by atoms with Crippen LogP contribution in [0.3, 0.4) is 0 Å². The monoisotopic (exact) mass is 331 g/mol. The fourth-order valence-corrected chi connectivity index (χ4v) is 2.98. The van der Waals surface area contributed by atoms with Gasteiger partial charge in [-0.2, -0.15) is 0 Å². The molecule has 1 saturated heterocycles. The van der Waals surface area contributed by atoms with Crippen LogP contribution in [0.2, 0.25) is 10.0 Å². The number of hydrogen-bond donors (Lipinski definition) is 1. The van der Waals surface area contributed by atoms with Gasteiger partial charge in [-0.1, -0.05) is 29.3 Å². The van der Waals surface area contributed by atoms with Gasteiger partial charge >= 0.3 is 0 Å². The quantitative estimate of drug-likeness (QED) is 0.842. The van der Waals surface area contributed by atoms with Crippen LogP contribution in [0.25, 0.3) is 0 Å². The summed E-state index contributed by atoms with van der Waals surface area (Å²) in [7, 11) is 0. The van der Waals surface area contributed by atoms with Gasteiger partial charge in [0.15, 0.2) is 6.29 Å². The molecule has 5 heteroatoms. The third kappa shape index (κ3) is 5.11. The largest absolute Gasteiger partial charge is 0.353 e. The number of halogens is 2. The lowest BCUT2D eigenvalue weighted by Crippen LogP contribution is -2.28. The van der Waals surface area contributed by atoms with Crippen LogP contribution < -0.4 is 5.73 Å². The molecule has 1 aromatic carbocycles. The Kier molecular flexibility index (Phi) is 6.77. The second kappa shape index (κ2) is 8.35. The predicted molar refractivity (Wildman–Crippen MR) is 87.0 cm³/mol. The van der Waals surface area contributed by atoms with Crippen molar-refractivity contribution in [2.24, 2.45) is 5.73 Å². The molecule has 0 radical (unpaired) electrons. The molecule has 0 aromatic heterocycles. The number of ether oxygens (including phenoxy) is 2. The molecule has 0 spiro atoms. The Labute approximate surface area is 136 Å². The molecule has 0 amide bonds. The summed E-state index contributed by atoms with van der Waals surface area (Å²) in [5, 5.41) is 1.13. The summed E-state index contributed by atoms with van der Waals surface area (Å²) in [6.45, 7) is 3.42. The van der Waals surface area contributed by atoms with E-state index in [1.54, 1.807) is 0 Å². The van der Waals surface area contributed by atoms with E-state index in [0.29, 0.717) is 16.6 Å². The molecule has 0 saturated carbocycles. The van der Waals surface area contributed by atoms with Crippen molar-refractivity contribution >= 4 is 23.2 Å². The fourth-order valence-electron chi connectivity index (χ4n) is 2.67. The minimum absolute atomic E-state index is 0.0685. The van der Waals surface area contributed by atoms with E-state index in [-0.39, 0.29) is 18.3 Å². The Hall–Kier alpha value is -0.320. The Morgan fingerprint density at radius 2 is 2.14 bits per heavy atom. The van der Waals surface area contributed by atoms with Gasteiger partial charge in [-0.15, -0.1) is 0 Å². The van der Waals surface area contributed by atoms with E-state index in [9.17, 15) is 0 Å². The molecule has 1 aliphatic heterocycles. The van der Waals surface area contributed by atoms with Gasteiger partial charge in [0.25, 0.3) is 0 Å². The van der Waals surface area contributed by atoms with Crippen molar-refractivity contribution in [3.63, 3.8) is 0 Å². The zero-order valence-electron chi connectivity index (χ0n) is 12.4. The summed E-state index contributed by atoms with van der Waals surface area (Å²) >= 11 is 12.0. The van der Waals surface area contributed by atoms with Crippen molar-refractivity contribution in [1.82, 2.24) is 0 Å². The normalized spacial score (nSPS) is 22.0. The van der Waals surface area contributed by atoms with Crippen LogP contribution in [0, 0.1) is 0 Å². The summed E-state index contributed by atoms with van der Waals surface area (Å²) in [4.78, 5) is 0. The minimum Gasteiger partial charge on any atom is -0.353 e. The van der Waals surface area contributed by atoms with E-state index in [1.165, 1.54) is 6.42 Å².